The highest BCUT2D eigenvalue weighted by Crippen LogP contribution is 2.22. The molecule has 28 heavy (non-hydrogen) atoms. The Bertz CT molecular complexity index is 1120. The highest BCUT2D eigenvalue weighted by atomic mass is 16.5. The standard InChI is InChI=1S/C23H19N3O2/c1-16-4-2-5-19(14-16)28-18-9-7-17(8-10-18)15-25-23(27)22-12-11-20-21(26-22)6-3-13-24-20/h2-14H,15H2,1H3,(H,25,27). The number of ether oxygens (including phenoxy) is 1. The van der Waals surface area contributed by atoms with Crippen molar-refractivity contribution in [2.24, 2.45) is 0 Å². The summed E-state index contributed by atoms with van der Waals surface area (Å²) < 4.78 is 5.85. The molecular weight excluding hydrogens is 350 g/mol. The number of amides is 1. The Morgan fingerprint density at radius 3 is 2.61 bits per heavy atom. The molecule has 138 valence electrons. The first-order chi connectivity index (χ1) is 13.7. The average Bonchev–Trinajstić information content (AvgIpc) is 2.73. The van der Waals surface area contributed by atoms with Crippen LogP contribution in [0.25, 0.3) is 11.0 Å². The van der Waals surface area contributed by atoms with Gasteiger partial charge in [-0.1, -0.05) is 24.3 Å². The summed E-state index contributed by atoms with van der Waals surface area (Å²) in [6.45, 7) is 2.44. The molecule has 0 bridgehead atoms. The summed E-state index contributed by atoms with van der Waals surface area (Å²) in [5.74, 6) is 1.34. The number of aromatic nitrogens is 2. The molecule has 4 aromatic rings. The van der Waals surface area contributed by atoms with E-state index in [1.165, 1.54) is 0 Å². The number of pyridine rings is 2. The Kier molecular flexibility index (Phi) is 4.97. The van der Waals surface area contributed by atoms with Crippen molar-refractivity contribution in [1.29, 1.82) is 0 Å². The molecule has 0 saturated heterocycles. The van der Waals surface area contributed by atoms with Crippen molar-refractivity contribution in [1.82, 2.24) is 15.3 Å². The van der Waals surface area contributed by atoms with Crippen LogP contribution in [0.2, 0.25) is 0 Å². The number of nitrogens with one attached hydrogen (secondary N) is 1. The van der Waals surface area contributed by atoms with Gasteiger partial charge >= 0.3 is 0 Å². The van der Waals surface area contributed by atoms with Crippen LogP contribution in [0.15, 0.2) is 79.0 Å². The Morgan fingerprint density at radius 1 is 0.929 bits per heavy atom. The lowest BCUT2D eigenvalue weighted by molar-refractivity contribution is 0.0946. The number of aryl methyl sites for hydroxylation is 1. The summed E-state index contributed by atoms with van der Waals surface area (Å²) in [6.07, 6.45) is 1.70. The van der Waals surface area contributed by atoms with E-state index in [0.29, 0.717) is 17.8 Å². The summed E-state index contributed by atoms with van der Waals surface area (Å²) >= 11 is 0. The Labute approximate surface area is 163 Å². The van der Waals surface area contributed by atoms with Crippen molar-refractivity contribution >= 4 is 16.9 Å². The minimum atomic E-state index is -0.217. The molecule has 2 aromatic carbocycles. The number of hydrogen-bond acceptors (Lipinski definition) is 4. The van der Waals surface area contributed by atoms with Crippen molar-refractivity contribution in [3.63, 3.8) is 0 Å². The van der Waals surface area contributed by atoms with Crippen molar-refractivity contribution in [3.05, 3.63) is 95.8 Å². The molecular formula is C23H19N3O2. The van der Waals surface area contributed by atoms with E-state index in [0.717, 1.165) is 28.1 Å². The van der Waals surface area contributed by atoms with Crippen LogP contribution in [0.5, 0.6) is 11.5 Å². The molecule has 0 aliphatic rings. The van der Waals surface area contributed by atoms with Gasteiger partial charge in [-0.05, 0) is 66.6 Å². The van der Waals surface area contributed by atoms with Gasteiger partial charge in [0.1, 0.15) is 17.2 Å². The third-order valence-electron chi connectivity index (χ3n) is 4.29. The van der Waals surface area contributed by atoms with E-state index < -0.39 is 0 Å². The van der Waals surface area contributed by atoms with Gasteiger partial charge in [-0.25, -0.2) is 4.98 Å². The molecule has 0 radical (unpaired) electrons. The Morgan fingerprint density at radius 2 is 1.79 bits per heavy atom. The minimum absolute atomic E-state index is 0.217. The summed E-state index contributed by atoms with van der Waals surface area (Å²) in [5, 5.41) is 2.89. The topological polar surface area (TPSA) is 64.1 Å². The lowest BCUT2D eigenvalue weighted by Gasteiger charge is -2.08. The second kappa shape index (κ2) is 7.88. The first-order valence-electron chi connectivity index (χ1n) is 9.01. The molecule has 0 spiro atoms. The van der Waals surface area contributed by atoms with Crippen LogP contribution in [0, 0.1) is 6.92 Å². The zero-order chi connectivity index (χ0) is 19.3. The lowest BCUT2D eigenvalue weighted by atomic mass is 10.2. The summed E-state index contributed by atoms with van der Waals surface area (Å²) in [4.78, 5) is 21.0. The smallest absolute Gasteiger partial charge is 0.270 e. The highest BCUT2D eigenvalue weighted by molar-refractivity contribution is 5.94. The fourth-order valence-corrected chi connectivity index (χ4v) is 2.85. The molecule has 1 amide bonds. The van der Waals surface area contributed by atoms with Gasteiger partial charge in [0.2, 0.25) is 0 Å². The molecule has 1 N–H and O–H groups in total. The van der Waals surface area contributed by atoms with Gasteiger partial charge in [0.05, 0.1) is 11.0 Å². The van der Waals surface area contributed by atoms with Crippen LogP contribution in [0.3, 0.4) is 0 Å². The number of fused-ring (bicyclic) bond motifs is 1. The van der Waals surface area contributed by atoms with Crippen molar-refractivity contribution in [2.75, 3.05) is 0 Å². The number of hydrogen-bond donors (Lipinski definition) is 1. The largest absolute Gasteiger partial charge is 0.457 e. The molecule has 0 aliphatic carbocycles. The molecule has 5 heteroatoms. The van der Waals surface area contributed by atoms with Gasteiger partial charge in [-0.2, -0.15) is 0 Å². The van der Waals surface area contributed by atoms with Crippen LogP contribution in [0.1, 0.15) is 21.6 Å². The molecule has 0 saturated carbocycles. The van der Waals surface area contributed by atoms with Crippen LogP contribution in [0.4, 0.5) is 0 Å². The number of nitrogens with zero attached hydrogens (tertiary/aromatic N) is 2. The zero-order valence-electron chi connectivity index (χ0n) is 15.4. The van der Waals surface area contributed by atoms with E-state index in [4.69, 9.17) is 4.74 Å². The van der Waals surface area contributed by atoms with Crippen molar-refractivity contribution < 1.29 is 9.53 Å². The third kappa shape index (κ3) is 4.15. The van der Waals surface area contributed by atoms with Crippen molar-refractivity contribution in [3.8, 4) is 11.5 Å². The molecule has 0 aliphatic heterocycles. The molecule has 0 fully saturated rings. The van der Waals surface area contributed by atoms with Gasteiger partial charge in [0, 0.05) is 12.7 Å². The van der Waals surface area contributed by atoms with Gasteiger partial charge in [-0.3, -0.25) is 9.78 Å². The van der Waals surface area contributed by atoms with E-state index in [1.807, 2.05) is 61.5 Å². The van der Waals surface area contributed by atoms with Crippen LogP contribution < -0.4 is 10.1 Å². The van der Waals surface area contributed by atoms with Crippen LogP contribution >= 0.6 is 0 Å². The molecule has 0 unspecified atom stereocenters. The van der Waals surface area contributed by atoms with E-state index in [9.17, 15) is 4.79 Å². The zero-order valence-corrected chi connectivity index (χ0v) is 15.4. The molecule has 4 rings (SSSR count). The average molecular weight is 369 g/mol. The van der Waals surface area contributed by atoms with Crippen molar-refractivity contribution in [2.45, 2.75) is 13.5 Å². The summed E-state index contributed by atoms with van der Waals surface area (Å²) in [5.41, 5.74) is 3.97. The molecule has 2 heterocycles. The normalized spacial score (nSPS) is 10.6. The number of carbonyl (C=O) groups is 1. The van der Waals surface area contributed by atoms with E-state index in [1.54, 1.807) is 24.4 Å². The van der Waals surface area contributed by atoms with Crippen LogP contribution in [-0.2, 0) is 6.54 Å². The predicted molar refractivity (Wildman–Crippen MR) is 108 cm³/mol. The lowest BCUT2D eigenvalue weighted by Crippen LogP contribution is -2.23. The second-order valence-electron chi connectivity index (χ2n) is 6.48. The highest BCUT2D eigenvalue weighted by Gasteiger charge is 2.08. The van der Waals surface area contributed by atoms with Gasteiger partial charge < -0.3 is 10.1 Å². The quantitative estimate of drug-likeness (QED) is 0.556. The maximum atomic E-state index is 12.4. The predicted octanol–water partition coefficient (Wildman–Crippen LogP) is 4.66. The number of rotatable bonds is 5. The minimum Gasteiger partial charge on any atom is -0.457 e. The van der Waals surface area contributed by atoms with Gasteiger partial charge in [-0.15, -0.1) is 0 Å². The molecule has 0 atom stereocenters. The maximum absolute atomic E-state index is 12.4. The van der Waals surface area contributed by atoms with E-state index >= 15 is 0 Å². The summed E-state index contributed by atoms with van der Waals surface area (Å²) in [7, 11) is 0. The second-order valence-corrected chi connectivity index (χ2v) is 6.48. The Balaban J connectivity index is 1.38. The van der Waals surface area contributed by atoms with E-state index in [-0.39, 0.29) is 5.91 Å². The molecule has 2 aromatic heterocycles. The van der Waals surface area contributed by atoms with Gasteiger partial charge in [0.25, 0.3) is 5.91 Å². The monoisotopic (exact) mass is 369 g/mol. The van der Waals surface area contributed by atoms with Gasteiger partial charge in [0.15, 0.2) is 0 Å². The van der Waals surface area contributed by atoms with Crippen LogP contribution in [-0.4, -0.2) is 15.9 Å². The Hall–Kier alpha value is -3.73. The van der Waals surface area contributed by atoms with E-state index in [2.05, 4.69) is 15.3 Å². The first-order valence-corrected chi connectivity index (χ1v) is 9.01. The summed E-state index contributed by atoms with van der Waals surface area (Å²) in [6, 6.07) is 22.7. The number of benzene rings is 2. The SMILES string of the molecule is Cc1cccc(Oc2ccc(CNC(=O)c3ccc4ncccc4n3)cc2)c1. The third-order valence-corrected chi connectivity index (χ3v) is 4.29. The number of carbonyl (C=O) groups excluding carboxylic acids is 1. The fraction of sp³-hybridized carbons (Fsp3) is 0.0870. The fourth-order valence-electron chi connectivity index (χ4n) is 2.85. The maximum Gasteiger partial charge on any atom is 0.270 e. The molecule has 5 nitrogen and oxygen atoms in total. The first kappa shape index (κ1) is 17.7.